The lowest BCUT2D eigenvalue weighted by atomic mass is 10.3. The topological polar surface area (TPSA) is 66.8 Å². The van der Waals surface area contributed by atoms with Crippen molar-refractivity contribution in [3.63, 3.8) is 0 Å². The minimum atomic E-state index is -2.66. The van der Waals surface area contributed by atoms with Crippen LogP contribution in [0.1, 0.15) is 0 Å². The Morgan fingerprint density at radius 3 is 2.00 bits per heavy atom. The van der Waals surface area contributed by atoms with Crippen LogP contribution in [0.2, 0.25) is 0 Å². The van der Waals surface area contributed by atoms with Gasteiger partial charge in [0.25, 0.3) is 0 Å². The van der Waals surface area contributed by atoms with Crippen molar-refractivity contribution in [2.45, 2.75) is 12.2 Å². The Kier molecular flexibility index (Phi) is 2.15. The Morgan fingerprint density at radius 2 is 1.80 bits per heavy atom. The molecule has 0 aromatic rings. The summed E-state index contributed by atoms with van der Waals surface area (Å²) in [7, 11) is -1.32. The van der Waals surface area contributed by atoms with E-state index in [4.69, 9.17) is 10.2 Å². The maximum Gasteiger partial charge on any atom is 0.208 e. The van der Waals surface area contributed by atoms with Crippen molar-refractivity contribution in [3.05, 3.63) is 0 Å². The van der Waals surface area contributed by atoms with Crippen LogP contribution in [0.5, 0.6) is 0 Å². The summed E-state index contributed by atoms with van der Waals surface area (Å²) in [5, 5.41) is 17.9. The molecule has 0 aromatic heterocycles. The van der Waals surface area contributed by atoms with Crippen LogP contribution < -0.4 is 0 Å². The van der Waals surface area contributed by atoms with Gasteiger partial charge in [-0.2, -0.15) is 0 Å². The largest absolute Gasteiger partial charge is 0.390 e. The molecule has 1 aliphatic rings. The number of aliphatic hydroxyl groups is 2. The fourth-order valence-electron chi connectivity index (χ4n) is 1.04. The van der Waals surface area contributed by atoms with E-state index in [1.807, 2.05) is 0 Å². The molecule has 1 saturated heterocycles. The normalized spacial score (nSPS) is 47.9. The standard InChI is InChI=1S/C5H11O4P/c1-9-10(8)2-4(6)5(7)3-10/h4-7H,2-3H2,1H3. The predicted octanol–water partition coefficient (Wildman–Crippen LogP) is -0.354. The number of hydrogen-bond donors (Lipinski definition) is 2. The third-order valence-corrected chi connectivity index (χ3v) is 4.23. The lowest BCUT2D eigenvalue weighted by Crippen LogP contribution is -2.22. The SMILES string of the molecule is COP1(=O)CC(O)C(O)C1. The van der Waals surface area contributed by atoms with E-state index in [9.17, 15) is 4.57 Å². The number of aliphatic hydroxyl groups excluding tert-OH is 2. The molecular weight excluding hydrogens is 155 g/mol. The average Bonchev–Trinajstić information content (AvgIpc) is 2.10. The van der Waals surface area contributed by atoms with Crippen molar-refractivity contribution >= 4 is 7.37 Å². The molecule has 10 heavy (non-hydrogen) atoms. The van der Waals surface area contributed by atoms with E-state index >= 15 is 0 Å². The Labute approximate surface area is 59.3 Å². The molecule has 0 radical (unpaired) electrons. The van der Waals surface area contributed by atoms with E-state index in [2.05, 4.69) is 4.52 Å². The summed E-state index contributed by atoms with van der Waals surface area (Å²) >= 11 is 0. The zero-order chi connectivity index (χ0) is 7.78. The van der Waals surface area contributed by atoms with Crippen LogP contribution in [0, 0.1) is 0 Å². The second-order valence-electron chi connectivity index (χ2n) is 2.50. The molecule has 2 unspecified atom stereocenters. The van der Waals surface area contributed by atoms with E-state index in [1.165, 1.54) is 7.11 Å². The van der Waals surface area contributed by atoms with Crippen LogP contribution in [-0.4, -0.2) is 41.9 Å². The van der Waals surface area contributed by atoms with Gasteiger partial charge in [0.05, 0.1) is 24.5 Å². The van der Waals surface area contributed by atoms with E-state index in [0.29, 0.717) is 0 Å². The van der Waals surface area contributed by atoms with E-state index in [0.717, 1.165) is 0 Å². The Hall–Kier alpha value is 0.110. The fourth-order valence-corrected chi connectivity index (χ4v) is 3.11. The molecule has 0 saturated carbocycles. The monoisotopic (exact) mass is 166 g/mol. The summed E-state index contributed by atoms with van der Waals surface area (Å²) < 4.78 is 15.9. The Balaban J connectivity index is 2.64. The highest BCUT2D eigenvalue weighted by Gasteiger charge is 2.40. The zero-order valence-corrected chi connectivity index (χ0v) is 6.62. The predicted molar refractivity (Wildman–Crippen MR) is 36.4 cm³/mol. The second-order valence-corrected chi connectivity index (χ2v) is 5.22. The van der Waals surface area contributed by atoms with Crippen LogP contribution in [0.4, 0.5) is 0 Å². The van der Waals surface area contributed by atoms with Gasteiger partial charge in [0, 0.05) is 7.11 Å². The summed E-state index contributed by atoms with van der Waals surface area (Å²) in [5.74, 6) is 0. The van der Waals surface area contributed by atoms with Gasteiger partial charge >= 0.3 is 0 Å². The molecular formula is C5H11O4P. The van der Waals surface area contributed by atoms with Gasteiger partial charge < -0.3 is 14.7 Å². The molecule has 0 aromatic carbocycles. The molecule has 1 heterocycles. The third kappa shape index (κ3) is 1.40. The molecule has 1 fully saturated rings. The van der Waals surface area contributed by atoms with Crippen LogP contribution in [0.15, 0.2) is 0 Å². The van der Waals surface area contributed by atoms with Gasteiger partial charge in [0.1, 0.15) is 0 Å². The van der Waals surface area contributed by atoms with Gasteiger partial charge in [-0.25, -0.2) is 0 Å². The van der Waals surface area contributed by atoms with Crippen LogP contribution in [-0.2, 0) is 9.09 Å². The molecule has 0 spiro atoms. The highest BCUT2D eigenvalue weighted by Crippen LogP contribution is 2.52. The number of rotatable bonds is 1. The number of hydrogen-bond acceptors (Lipinski definition) is 4. The van der Waals surface area contributed by atoms with Crippen molar-refractivity contribution < 1.29 is 19.3 Å². The summed E-state index contributed by atoms with van der Waals surface area (Å²) in [6.45, 7) is 0. The minimum absolute atomic E-state index is 0.0880. The minimum Gasteiger partial charge on any atom is -0.390 e. The first-order chi connectivity index (χ1) is 4.57. The second kappa shape index (κ2) is 2.62. The van der Waals surface area contributed by atoms with Gasteiger partial charge in [0.15, 0.2) is 0 Å². The van der Waals surface area contributed by atoms with E-state index < -0.39 is 19.6 Å². The molecule has 1 aliphatic heterocycles. The van der Waals surface area contributed by atoms with Crippen molar-refractivity contribution in [2.75, 3.05) is 19.4 Å². The van der Waals surface area contributed by atoms with Crippen molar-refractivity contribution in [2.24, 2.45) is 0 Å². The Morgan fingerprint density at radius 1 is 1.40 bits per heavy atom. The first kappa shape index (κ1) is 8.21. The zero-order valence-electron chi connectivity index (χ0n) is 5.73. The first-order valence-electron chi connectivity index (χ1n) is 3.07. The smallest absolute Gasteiger partial charge is 0.208 e. The quantitative estimate of drug-likeness (QED) is 0.522. The average molecular weight is 166 g/mol. The highest BCUT2D eigenvalue weighted by molar-refractivity contribution is 7.59. The molecule has 2 atom stereocenters. The highest BCUT2D eigenvalue weighted by atomic mass is 31.2. The van der Waals surface area contributed by atoms with Crippen LogP contribution >= 0.6 is 7.37 Å². The molecule has 0 bridgehead atoms. The van der Waals surface area contributed by atoms with Gasteiger partial charge in [-0.3, -0.25) is 4.57 Å². The van der Waals surface area contributed by atoms with E-state index in [1.54, 1.807) is 0 Å². The first-order valence-corrected chi connectivity index (χ1v) is 5.07. The van der Waals surface area contributed by atoms with Crippen LogP contribution in [0.25, 0.3) is 0 Å². The maximum atomic E-state index is 11.3. The fraction of sp³-hybridized carbons (Fsp3) is 1.00. The molecule has 0 amide bonds. The summed E-state index contributed by atoms with van der Waals surface area (Å²) in [5.41, 5.74) is 0. The Bertz CT molecular complexity index is 155. The van der Waals surface area contributed by atoms with E-state index in [-0.39, 0.29) is 12.3 Å². The summed E-state index contributed by atoms with van der Waals surface area (Å²) in [6.07, 6.45) is -1.56. The van der Waals surface area contributed by atoms with Gasteiger partial charge in [-0.15, -0.1) is 0 Å². The molecule has 60 valence electrons. The maximum absolute atomic E-state index is 11.3. The molecule has 5 heteroatoms. The lowest BCUT2D eigenvalue weighted by Gasteiger charge is -2.05. The van der Waals surface area contributed by atoms with Crippen molar-refractivity contribution in [1.82, 2.24) is 0 Å². The lowest BCUT2D eigenvalue weighted by molar-refractivity contribution is 0.0572. The van der Waals surface area contributed by atoms with Gasteiger partial charge in [-0.05, 0) is 0 Å². The van der Waals surface area contributed by atoms with Gasteiger partial charge in [0.2, 0.25) is 7.37 Å². The summed E-state index contributed by atoms with van der Waals surface area (Å²) in [6, 6.07) is 0. The molecule has 0 aliphatic carbocycles. The third-order valence-electron chi connectivity index (χ3n) is 1.71. The molecule has 4 nitrogen and oxygen atoms in total. The van der Waals surface area contributed by atoms with Gasteiger partial charge in [-0.1, -0.05) is 0 Å². The molecule has 1 rings (SSSR count). The molecule has 2 N–H and O–H groups in total. The van der Waals surface area contributed by atoms with Crippen molar-refractivity contribution in [3.8, 4) is 0 Å². The van der Waals surface area contributed by atoms with Crippen molar-refractivity contribution in [1.29, 1.82) is 0 Å². The van der Waals surface area contributed by atoms with Crippen LogP contribution in [0.3, 0.4) is 0 Å². The summed E-state index contributed by atoms with van der Waals surface area (Å²) in [4.78, 5) is 0.